The van der Waals surface area contributed by atoms with Crippen LogP contribution in [-0.2, 0) is 28.0 Å². The Bertz CT molecular complexity index is 1100. The fourth-order valence-corrected chi connectivity index (χ4v) is 5.05. The van der Waals surface area contributed by atoms with Gasteiger partial charge in [0.2, 0.25) is 5.91 Å². The van der Waals surface area contributed by atoms with Gasteiger partial charge >= 0.3 is 6.03 Å². The number of carbonyl (C=O) groups excluding carboxylic acids is 3. The molecule has 1 fully saturated rings. The highest BCUT2D eigenvalue weighted by Gasteiger charge is 2.50. The summed E-state index contributed by atoms with van der Waals surface area (Å²) >= 11 is 12.2. The standard InChI is InChI=1S/C24H25Cl2N3O3/c1-14(16-8-7-15-5-3-4-6-17(15)11-16)27-21(30)13-29-22(31)24(2,28-23(29)32)19-10-9-18(25)12-20(19)26/h7-12,14H,3-6,13H2,1-2H3,(H,27,30)(H,28,32)/t14-,24+/m0/s1. The average Bonchev–Trinajstić information content (AvgIpc) is 2.96. The molecule has 2 aromatic carbocycles. The van der Waals surface area contributed by atoms with Gasteiger partial charge in [0.25, 0.3) is 5.91 Å². The summed E-state index contributed by atoms with van der Waals surface area (Å²) < 4.78 is 0. The third kappa shape index (κ3) is 4.21. The third-order valence-electron chi connectivity index (χ3n) is 6.30. The van der Waals surface area contributed by atoms with Crippen LogP contribution in [0.1, 0.15) is 55.0 Å². The summed E-state index contributed by atoms with van der Waals surface area (Å²) in [6.45, 7) is 3.09. The SMILES string of the molecule is C[C@H](NC(=O)CN1C(=O)N[C@](C)(c2ccc(Cl)cc2Cl)C1=O)c1ccc2c(c1)CCCC2. The van der Waals surface area contributed by atoms with E-state index in [9.17, 15) is 14.4 Å². The molecule has 1 saturated heterocycles. The van der Waals surface area contributed by atoms with E-state index in [0.29, 0.717) is 10.6 Å². The molecule has 2 aliphatic rings. The second kappa shape index (κ2) is 8.75. The average molecular weight is 474 g/mol. The molecule has 0 radical (unpaired) electrons. The highest BCUT2D eigenvalue weighted by molar-refractivity contribution is 6.35. The number of halogens is 2. The van der Waals surface area contributed by atoms with Crippen LogP contribution in [0.4, 0.5) is 4.79 Å². The van der Waals surface area contributed by atoms with Crippen LogP contribution in [0.25, 0.3) is 0 Å². The highest BCUT2D eigenvalue weighted by atomic mass is 35.5. The number of urea groups is 1. The third-order valence-corrected chi connectivity index (χ3v) is 6.84. The molecular formula is C24H25Cl2N3O3. The summed E-state index contributed by atoms with van der Waals surface area (Å²) in [7, 11) is 0. The summed E-state index contributed by atoms with van der Waals surface area (Å²) in [4.78, 5) is 39.3. The van der Waals surface area contributed by atoms with E-state index in [1.54, 1.807) is 19.1 Å². The maximum atomic E-state index is 13.1. The molecule has 2 N–H and O–H groups in total. The van der Waals surface area contributed by atoms with Gasteiger partial charge in [-0.1, -0.05) is 47.5 Å². The number of fused-ring (bicyclic) bond motifs is 1. The molecule has 1 aliphatic carbocycles. The molecule has 4 amide bonds. The van der Waals surface area contributed by atoms with E-state index >= 15 is 0 Å². The predicted octanol–water partition coefficient (Wildman–Crippen LogP) is 4.52. The Morgan fingerprint density at radius 2 is 1.84 bits per heavy atom. The lowest BCUT2D eigenvalue weighted by Crippen LogP contribution is -2.43. The first kappa shape index (κ1) is 22.6. The minimum Gasteiger partial charge on any atom is -0.348 e. The van der Waals surface area contributed by atoms with Crippen LogP contribution in [0, 0.1) is 0 Å². The zero-order valence-electron chi connectivity index (χ0n) is 18.0. The minimum atomic E-state index is -1.37. The molecule has 1 aliphatic heterocycles. The number of nitrogens with one attached hydrogen (secondary N) is 2. The summed E-state index contributed by atoms with van der Waals surface area (Å²) in [6, 6.07) is 10.1. The molecule has 0 unspecified atom stereocenters. The van der Waals surface area contributed by atoms with E-state index in [1.807, 2.05) is 13.0 Å². The van der Waals surface area contributed by atoms with Crippen molar-refractivity contribution in [2.75, 3.05) is 6.54 Å². The van der Waals surface area contributed by atoms with E-state index in [0.717, 1.165) is 23.3 Å². The van der Waals surface area contributed by atoms with Crippen LogP contribution >= 0.6 is 23.2 Å². The Kier molecular flexibility index (Phi) is 6.19. The first-order valence-corrected chi connectivity index (χ1v) is 11.5. The molecule has 0 bridgehead atoms. The summed E-state index contributed by atoms with van der Waals surface area (Å²) in [5.41, 5.74) is 2.77. The van der Waals surface area contributed by atoms with Crippen molar-refractivity contribution in [3.63, 3.8) is 0 Å². The highest BCUT2D eigenvalue weighted by Crippen LogP contribution is 2.35. The number of carbonyl (C=O) groups is 3. The van der Waals surface area contributed by atoms with Gasteiger partial charge in [0.15, 0.2) is 0 Å². The van der Waals surface area contributed by atoms with Crippen LogP contribution in [-0.4, -0.2) is 29.3 Å². The fraction of sp³-hybridized carbons (Fsp3) is 0.375. The summed E-state index contributed by atoms with van der Waals surface area (Å²) in [6.07, 6.45) is 4.54. The Balaban J connectivity index is 1.45. The van der Waals surface area contributed by atoms with Crippen LogP contribution in [0.15, 0.2) is 36.4 Å². The number of hydrogen-bond acceptors (Lipinski definition) is 3. The van der Waals surface area contributed by atoms with Gasteiger partial charge < -0.3 is 10.6 Å². The molecule has 8 heteroatoms. The van der Waals surface area contributed by atoms with Gasteiger partial charge in [0, 0.05) is 15.6 Å². The molecule has 32 heavy (non-hydrogen) atoms. The van der Waals surface area contributed by atoms with Gasteiger partial charge in [-0.3, -0.25) is 14.5 Å². The molecule has 0 aromatic heterocycles. The van der Waals surface area contributed by atoms with Crippen molar-refractivity contribution in [2.45, 2.75) is 51.1 Å². The first-order valence-electron chi connectivity index (χ1n) is 10.7. The molecule has 0 spiro atoms. The predicted molar refractivity (Wildman–Crippen MR) is 124 cm³/mol. The van der Waals surface area contributed by atoms with Crippen molar-refractivity contribution in [1.82, 2.24) is 15.5 Å². The number of aryl methyl sites for hydroxylation is 2. The molecule has 6 nitrogen and oxygen atoms in total. The lowest BCUT2D eigenvalue weighted by atomic mass is 9.89. The van der Waals surface area contributed by atoms with Crippen molar-refractivity contribution in [1.29, 1.82) is 0 Å². The van der Waals surface area contributed by atoms with Crippen LogP contribution in [0.3, 0.4) is 0 Å². The normalized spacial score (nSPS) is 21.2. The van der Waals surface area contributed by atoms with Gasteiger partial charge in [-0.15, -0.1) is 0 Å². The minimum absolute atomic E-state index is 0.243. The van der Waals surface area contributed by atoms with Gasteiger partial charge in [0.05, 0.1) is 6.04 Å². The Morgan fingerprint density at radius 3 is 2.56 bits per heavy atom. The molecule has 1 heterocycles. The van der Waals surface area contributed by atoms with E-state index in [2.05, 4.69) is 22.8 Å². The Hall–Kier alpha value is -2.57. The molecule has 168 valence electrons. The van der Waals surface area contributed by atoms with Crippen molar-refractivity contribution < 1.29 is 14.4 Å². The van der Waals surface area contributed by atoms with Gasteiger partial charge in [-0.25, -0.2) is 4.79 Å². The maximum absolute atomic E-state index is 13.1. The summed E-state index contributed by atoms with van der Waals surface area (Å²) in [5, 5.41) is 6.25. The number of nitrogens with zero attached hydrogens (tertiary/aromatic N) is 1. The smallest absolute Gasteiger partial charge is 0.325 e. The zero-order chi connectivity index (χ0) is 23.0. The van der Waals surface area contributed by atoms with Crippen LogP contribution in [0.5, 0.6) is 0 Å². The molecule has 0 saturated carbocycles. The van der Waals surface area contributed by atoms with E-state index in [4.69, 9.17) is 23.2 Å². The van der Waals surface area contributed by atoms with E-state index in [1.165, 1.54) is 30.0 Å². The lowest BCUT2D eigenvalue weighted by molar-refractivity contribution is -0.135. The van der Waals surface area contributed by atoms with Crippen molar-refractivity contribution in [2.24, 2.45) is 0 Å². The monoisotopic (exact) mass is 473 g/mol. The van der Waals surface area contributed by atoms with Gasteiger partial charge in [-0.05, 0) is 68.4 Å². The topological polar surface area (TPSA) is 78.5 Å². The van der Waals surface area contributed by atoms with E-state index < -0.39 is 23.4 Å². The number of rotatable bonds is 5. The molecule has 4 rings (SSSR count). The quantitative estimate of drug-likeness (QED) is 0.626. The van der Waals surface area contributed by atoms with Crippen LogP contribution < -0.4 is 10.6 Å². The Labute approximate surface area is 197 Å². The van der Waals surface area contributed by atoms with Crippen molar-refractivity contribution >= 4 is 41.0 Å². The molecular weight excluding hydrogens is 449 g/mol. The second-order valence-corrected chi connectivity index (χ2v) is 9.44. The zero-order valence-corrected chi connectivity index (χ0v) is 19.5. The van der Waals surface area contributed by atoms with Crippen molar-refractivity contribution in [3.8, 4) is 0 Å². The number of amides is 4. The lowest BCUT2D eigenvalue weighted by Gasteiger charge is -2.24. The largest absolute Gasteiger partial charge is 0.348 e. The number of hydrogen-bond donors (Lipinski definition) is 2. The Morgan fingerprint density at radius 1 is 1.12 bits per heavy atom. The summed E-state index contributed by atoms with van der Waals surface area (Å²) in [5.74, 6) is -0.950. The maximum Gasteiger partial charge on any atom is 0.325 e. The molecule has 2 atom stereocenters. The van der Waals surface area contributed by atoms with E-state index in [-0.39, 0.29) is 17.6 Å². The second-order valence-electron chi connectivity index (χ2n) is 8.60. The number of benzene rings is 2. The molecule has 2 aromatic rings. The first-order chi connectivity index (χ1) is 15.2. The number of imide groups is 1. The van der Waals surface area contributed by atoms with Gasteiger partial charge in [-0.2, -0.15) is 0 Å². The fourth-order valence-electron chi connectivity index (χ4n) is 4.45. The van der Waals surface area contributed by atoms with Crippen molar-refractivity contribution in [3.05, 3.63) is 68.7 Å². The van der Waals surface area contributed by atoms with Crippen LogP contribution in [0.2, 0.25) is 10.0 Å². The van der Waals surface area contributed by atoms with Gasteiger partial charge in [0.1, 0.15) is 12.1 Å².